The molecule has 0 N–H and O–H groups in total. The first-order valence-electron chi connectivity index (χ1n) is 30.8. The highest BCUT2D eigenvalue weighted by molar-refractivity contribution is 5.70. The van der Waals surface area contributed by atoms with Gasteiger partial charge in [0.15, 0.2) is 6.10 Å². The van der Waals surface area contributed by atoms with Gasteiger partial charge in [0.25, 0.3) is 0 Å². The molecule has 0 radical (unpaired) electrons. The molecule has 408 valence electrons. The van der Waals surface area contributed by atoms with Crippen molar-refractivity contribution in [2.75, 3.05) is 19.8 Å². The van der Waals surface area contributed by atoms with Crippen molar-refractivity contribution in [1.29, 1.82) is 0 Å². The van der Waals surface area contributed by atoms with Gasteiger partial charge in [0.05, 0.1) is 6.61 Å². The number of hydrogen-bond donors (Lipinski definition) is 0. The van der Waals surface area contributed by atoms with E-state index >= 15 is 0 Å². The molecular weight excluding hydrogens is 861 g/mol. The highest BCUT2D eigenvalue weighted by Gasteiger charge is 2.17. The van der Waals surface area contributed by atoms with Crippen molar-refractivity contribution in [1.82, 2.24) is 0 Å². The summed E-state index contributed by atoms with van der Waals surface area (Å²) >= 11 is 0. The van der Waals surface area contributed by atoms with Gasteiger partial charge in [-0.25, -0.2) is 0 Å². The van der Waals surface area contributed by atoms with Crippen molar-refractivity contribution in [2.45, 2.75) is 322 Å². The second-order valence-corrected chi connectivity index (χ2v) is 20.6. The minimum Gasteiger partial charge on any atom is -0.462 e. The molecule has 0 rings (SSSR count). The summed E-state index contributed by atoms with van der Waals surface area (Å²) in [5.41, 5.74) is 0. The number of carbonyl (C=O) groups is 2. The van der Waals surface area contributed by atoms with Crippen LogP contribution in [0.3, 0.4) is 0 Å². The summed E-state index contributed by atoms with van der Waals surface area (Å²) in [5.74, 6) is -0.401. The molecular formula is C65H118O5. The van der Waals surface area contributed by atoms with Crippen molar-refractivity contribution in [3.8, 4) is 0 Å². The van der Waals surface area contributed by atoms with Gasteiger partial charge in [-0.15, -0.1) is 0 Å². The van der Waals surface area contributed by atoms with Gasteiger partial charge in [-0.2, -0.15) is 0 Å². The van der Waals surface area contributed by atoms with Gasteiger partial charge in [-0.3, -0.25) is 9.59 Å². The van der Waals surface area contributed by atoms with Crippen molar-refractivity contribution in [2.24, 2.45) is 0 Å². The highest BCUT2D eigenvalue weighted by Crippen LogP contribution is 2.16. The van der Waals surface area contributed by atoms with Crippen LogP contribution in [0.4, 0.5) is 0 Å². The smallest absolute Gasteiger partial charge is 0.306 e. The van der Waals surface area contributed by atoms with Gasteiger partial charge in [-0.05, 0) is 89.9 Å². The summed E-state index contributed by atoms with van der Waals surface area (Å²) < 4.78 is 17.5. The molecule has 0 heterocycles. The fourth-order valence-electron chi connectivity index (χ4n) is 8.90. The Labute approximate surface area is 436 Å². The SMILES string of the molecule is CCCCC/C=C\C/C=C\C/C=C\CCCCCCCCC(=O)OCC(COCCCCCCCCCCCCCCCCCC)OC(=O)CCCCCCCCCCC/C=C\C/C=C\CCCCC. The van der Waals surface area contributed by atoms with Gasteiger partial charge in [-0.1, -0.05) is 274 Å². The maximum atomic E-state index is 12.9. The normalized spacial score (nSPS) is 12.6. The molecule has 0 saturated heterocycles. The minimum absolute atomic E-state index is 0.0792. The van der Waals surface area contributed by atoms with E-state index in [1.54, 1.807) is 0 Å². The third kappa shape index (κ3) is 58.2. The number of rotatable bonds is 57. The highest BCUT2D eigenvalue weighted by atomic mass is 16.6. The molecule has 0 aliphatic rings. The number of ether oxygens (including phenoxy) is 3. The number of allylic oxidation sites excluding steroid dienone is 10. The lowest BCUT2D eigenvalue weighted by Crippen LogP contribution is -2.30. The van der Waals surface area contributed by atoms with Gasteiger partial charge in [0.1, 0.15) is 6.61 Å². The Bertz CT molecular complexity index is 1200. The molecule has 0 amide bonds. The van der Waals surface area contributed by atoms with E-state index in [9.17, 15) is 9.59 Å². The molecule has 5 nitrogen and oxygen atoms in total. The lowest BCUT2D eigenvalue weighted by molar-refractivity contribution is -0.163. The van der Waals surface area contributed by atoms with E-state index in [0.717, 1.165) is 64.2 Å². The average Bonchev–Trinajstić information content (AvgIpc) is 3.36. The van der Waals surface area contributed by atoms with Crippen LogP contribution in [-0.4, -0.2) is 37.9 Å². The minimum atomic E-state index is -0.544. The van der Waals surface area contributed by atoms with Gasteiger partial charge >= 0.3 is 11.9 Å². The van der Waals surface area contributed by atoms with E-state index < -0.39 is 6.10 Å². The predicted octanol–water partition coefficient (Wildman–Crippen LogP) is 21.2. The maximum Gasteiger partial charge on any atom is 0.306 e. The van der Waals surface area contributed by atoms with Crippen molar-refractivity contribution >= 4 is 11.9 Å². The van der Waals surface area contributed by atoms with Crippen LogP contribution in [0.15, 0.2) is 60.8 Å². The lowest BCUT2D eigenvalue weighted by Gasteiger charge is -2.18. The van der Waals surface area contributed by atoms with Crippen molar-refractivity contribution in [3.63, 3.8) is 0 Å². The second kappa shape index (κ2) is 60.9. The lowest BCUT2D eigenvalue weighted by atomic mass is 10.0. The number of esters is 2. The van der Waals surface area contributed by atoms with E-state index in [2.05, 4.69) is 81.5 Å². The molecule has 0 spiro atoms. The summed E-state index contributed by atoms with van der Waals surface area (Å²) in [7, 11) is 0. The summed E-state index contributed by atoms with van der Waals surface area (Å²) in [4.78, 5) is 25.6. The number of carbonyl (C=O) groups excluding carboxylic acids is 2. The Balaban J connectivity index is 4.28. The number of unbranched alkanes of at least 4 members (excludes halogenated alkanes) is 36. The zero-order chi connectivity index (χ0) is 50.6. The van der Waals surface area contributed by atoms with Crippen LogP contribution in [0.25, 0.3) is 0 Å². The molecule has 0 aromatic heterocycles. The third-order valence-electron chi connectivity index (χ3n) is 13.5. The Morgan fingerprint density at radius 1 is 0.314 bits per heavy atom. The third-order valence-corrected chi connectivity index (χ3v) is 13.5. The molecule has 1 atom stereocenters. The standard InChI is InChI=1S/C65H118O5/c1-4-7-10-13-16-19-22-25-28-31-33-35-37-40-43-46-49-52-55-58-64(66)69-62-63(61-68-60-57-54-51-48-45-42-39-30-27-24-21-18-15-12-9-6-3)70-65(67)59-56-53-50-47-44-41-38-36-34-32-29-26-23-20-17-14-11-8-5-2/h16-17,19-20,25-26,28-29,33,35,63H,4-15,18,21-24,27,30-32,34,36-62H2,1-3H3/b19-16-,20-17-,28-25-,29-26-,35-33-. The van der Waals surface area contributed by atoms with Gasteiger partial charge < -0.3 is 14.2 Å². The fourth-order valence-corrected chi connectivity index (χ4v) is 8.90. The zero-order valence-electron chi connectivity index (χ0n) is 47.0. The van der Waals surface area contributed by atoms with Crippen molar-refractivity contribution < 1.29 is 23.8 Å². The quantitative estimate of drug-likeness (QED) is 0.0345. The zero-order valence-corrected chi connectivity index (χ0v) is 47.0. The van der Waals surface area contributed by atoms with Crippen molar-refractivity contribution in [3.05, 3.63) is 60.8 Å². The molecule has 1 unspecified atom stereocenters. The Morgan fingerprint density at radius 3 is 0.986 bits per heavy atom. The van der Waals surface area contributed by atoms with Crippen LogP contribution in [0.1, 0.15) is 316 Å². The first-order chi connectivity index (χ1) is 34.6. The Morgan fingerprint density at radius 2 is 0.600 bits per heavy atom. The largest absolute Gasteiger partial charge is 0.462 e. The summed E-state index contributed by atoms with van der Waals surface area (Å²) in [6, 6.07) is 0. The molecule has 5 heteroatoms. The molecule has 0 aromatic rings. The molecule has 70 heavy (non-hydrogen) atoms. The maximum absolute atomic E-state index is 12.9. The molecule has 0 saturated carbocycles. The molecule has 0 bridgehead atoms. The van der Waals surface area contributed by atoms with Crippen LogP contribution >= 0.6 is 0 Å². The topological polar surface area (TPSA) is 61.8 Å². The van der Waals surface area contributed by atoms with Crippen LogP contribution in [0.5, 0.6) is 0 Å². The summed E-state index contributed by atoms with van der Waals surface area (Å²) in [6.07, 6.45) is 78.1. The molecule has 0 aromatic carbocycles. The summed E-state index contributed by atoms with van der Waals surface area (Å²) in [6.45, 7) is 7.82. The van der Waals surface area contributed by atoms with E-state index in [4.69, 9.17) is 14.2 Å². The van der Waals surface area contributed by atoms with Crippen LogP contribution < -0.4 is 0 Å². The second-order valence-electron chi connectivity index (χ2n) is 20.6. The van der Waals surface area contributed by atoms with E-state index in [0.29, 0.717) is 19.4 Å². The van der Waals surface area contributed by atoms with E-state index in [1.165, 1.54) is 218 Å². The van der Waals surface area contributed by atoms with Gasteiger partial charge in [0, 0.05) is 19.4 Å². The molecule has 0 aliphatic heterocycles. The first-order valence-corrected chi connectivity index (χ1v) is 30.8. The molecule has 0 fully saturated rings. The van der Waals surface area contributed by atoms with Crippen LogP contribution in [-0.2, 0) is 23.8 Å². The van der Waals surface area contributed by atoms with Gasteiger partial charge in [0.2, 0.25) is 0 Å². The first kappa shape index (κ1) is 67.6. The average molecular weight is 980 g/mol. The molecule has 0 aliphatic carbocycles. The fraction of sp³-hybridized carbons (Fsp3) is 0.815. The summed E-state index contributed by atoms with van der Waals surface area (Å²) in [5, 5.41) is 0. The van der Waals surface area contributed by atoms with Crippen LogP contribution in [0, 0.1) is 0 Å². The van der Waals surface area contributed by atoms with E-state index in [-0.39, 0.29) is 25.2 Å². The van der Waals surface area contributed by atoms with E-state index in [1.807, 2.05) is 0 Å². The number of hydrogen-bond acceptors (Lipinski definition) is 5. The Kier molecular flexibility index (Phi) is 58.8. The Hall–Kier alpha value is -2.40. The monoisotopic (exact) mass is 979 g/mol. The van der Waals surface area contributed by atoms with Crippen LogP contribution in [0.2, 0.25) is 0 Å². The predicted molar refractivity (Wildman–Crippen MR) is 307 cm³/mol.